The highest BCUT2D eigenvalue weighted by molar-refractivity contribution is 5.96. The minimum absolute atomic E-state index is 0.107. The van der Waals surface area contributed by atoms with Gasteiger partial charge in [-0.2, -0.15) is 0 Å². The Morgan fingerprint density at radius 3 is 2.73 bits per heavy atom. The molecule has 0 spiro atoms. The number of likely N-dealkylation sites (tertiary alicyclic amines) is 1. The third-order valence-corrected chi connectivity index (χ3v) is 10.2. The highest BCUT2D eigenvalue weighted by atomic mass is 16.6. The zero-order chi connectivity index (χ0) is 23.4. The van der Waals surface area contributed by atoms with E-state index in [1.165, 1.54) is 29.7 Å². The molecule has 7 heteroatoms. The number of carboxylic acids is 1. The summed E-state index contributed by atoms with van der Waals surface area (Å²) < 4.78 is 0. The van der Waals surface area contributed by atoms with Gasteiger partial charge in [-0.25, -0.2) is 4.79 Å². The van der Waals surface area contributed by atoms with E-state index in [1.54, 1.807) is 0 Å². The first-order chi connectivity index (χ1) is 15.7. The van der Waals surface area contributed by atoms with Crippen molar-refractivity contribution in [2.24, 2.45) is 33.7 Å². The van der Waals surface area contributed by atoms with Crippen LogP contribution < -0.4 is 0 Å². The topological polar surface area (TPSA) is 99.4 Å². The number of hydrogen-bond donors (Lipinski definition) is 2. The number of amides is 1. The summed E-state index contributed by atoms with van der Waals surface area (Å²) in [6.07, 6.45) is 11.9. The lowest BCUT2D eigenvalue weighted by Crippen LogP contribution is -2.51. The summed E-state index contributed by atoms with van der Waals surface area (Å²) in [7, 11) is 0. The molecule has 1 amide bonds. The van der Waals surface area contributed by atoms with Crippen LogP contribution in [0, 0.1) is 28.6 Å². The van der Waals surface area contributed by atoms with Crippen molar-refractivity contribution in [2.75, 3.05) is 13.2 Å². The van der Waals surface area contributed by atoms with E-state index in [2.05, 4.69) is 25.1 Å². The fourth-order valence-electron chi connectivity index (χ4n) is 8.19. The van der Waals surface area contributed by atoms with Crippen molar-refractivity contribution in [3.05, 3.63) is 11.6 Å². The van der Waals surface area contributed by atoms with E-state index < -0.39 is 12.0 Å². The Balaban J connectivity index is 1.24. The minimum atomic E-state index is -0.950. The maximum atomic E-state index is 12.4. The molecule has 5 rings (SSSR count). The van der Waals surface area contributed by atoms with Crippen LogP contribution >= 0.6 is 0 Å². The lowest BCUT2D eigenvalue weighted by atomic mass is 9.47. The first-order valence-electron chi connectivity index (χ1n) is 12.8. The van der Waals surface area contributed by atoms with Crippen molar-refractivity contribution in [2.45, 2.75) is 90.2 Å². The van der Waals surface area contributed by atoms with Crippen molar-refractivity contribution < 1.29 is 24.6 Å². The van der Waals surface area contributed by atoms with Crippen molar-refractivity contribution in [1.82, 2.24) is 4.90 Å². The number of rotatable bonds is 4. The average molecular weight is 459 g/mol. The van der Waals surface area contributed by atoms with Gasteiger partial charge in [-0.15, -0.1) is 0 Å². The first-order valence-corrected chi connectivity index (χ1v) is 12.8. The normalized spacial score (nSPS) is 43.5. The van der Waals surface area contributed by atoms with Crippen LogP contribution in [-0.4, -0.2) is 58.0 Å². The largest absolute Gasteiger partial charge is 0.480 e. The number of oxime groups is 1. The third kappa shape index (κ3) is 3.71. The van der Waals surface area contributed by atoms with Gasteiger partial charge >= 0.3 is 5.97 Å². The maximum absolute atomic E-state index is 12.4. The van der Waals surface area contributed by atoms with Gasteiger partial charge < -0.3 is 20.0 Å². The highest BCUT2D eigenvalue weighted by Crippen LogP contribution is 2.65. The number of aliphatic hydroxyl groups excluding tert-OH is 1. The van der Waals surface area contributed by atoms with Crippen LogP contribution in [-0.2, 0) is 14.4 Å². The summed E-state index contributed by atoms with van der Waals surface area (Å²) in [5, 5.41) is 24.2. The Morgan fingerprint density at radius 2 is 1.94 bits per heavy atom. The Kier molecular flexibility index (Phi) is 5.82. The Bertz CT molecular complexity index is 884. The number of aliphatic carboxylic acids is 1. The molecule has 0 radical (unpaired) electrons. The van der Waals surface area contributed by atoms with Crippen molar-refractivity contribution in [3.63, 3.8) is 0 Å². The molecule has 1 saturated heterocycles. The monoisotopic (exact) mass is 458 g/mol. The summed E-state index contributed by atoms with van der Waals surface area (Å²) in [4.78, 5) is 30.5. The van der Waals surface area contributed by atoms with Gasteiger partial charge in [0.1, 0.15) is 6.04 Å². The molecule has 1 aliphatic heterocycles. The molecule has 3 saturated carbocycles. The molecule has 7 unspecified atom stereocenters. The molecule has 0 aromatic rings. The Labute approximate surface area is 196 Å². The summed E-state index contributed by atoms with van der Waals surface area (Å²) in [5.74, 6) is 0.775. The Hall–Kier alpha value is -1.89. The van der Waals surface area contributed by atoms with E-state index in [9.17, 15) is 19.8 Å². The van der Waals surface area contributed by atoms with Crippen molar-refractivity contribution >= 4 is 17.6 Å². The number of carbonyl (C=O) groups is 2. The number of carbonyl (C=O) groups excluding carboxylic acids is 1. The SMILES string of the molecule is CC12CCC(=NOCC(=O)N3CCCC3C(=O)O)C=C1CCC1C2CCC2(C)C(O)CCC12. The van der Waals surface area contributed by atoms with Gasteiger partial charge in [-0.3, -0.25) is 4.79 Å². The molecule has 182 valence electrons. The van der Waals surface area contributed by atoms with Crippen molar-refractivity contribution in [1.29, 1.82) is 0 Å². The quantitative estimate of drug-likeness (QED) is 0.625. The van der Waals surface area contributed by atoms with Crippen LogP contribution in [0.2, 0.25) is 0 Å². The molecular weight excluding hydrogens is 420 g/mol. The lowest BCUT2D eigenvalue weighted by molar-refractivity contribution is -0.150. The van der Waals surface area contributed by atoms with Crippen LogP contribution in [0.25, 0.3) is 0 Å². The highest BCUT2D eigenvalue weighted by Gasteiger charge is 2.58. The second-order valence-corrected chi connectivity index (χ2v) is 11.6. The summed E-state index contributed by atoms with van der Waals surface area (Å²) in [5.41, 5.74) is 2.66. The van der Waals surface area contributed by atoms with Crippen LogP contribution in [0.4, 0.5) is 0 Å². The molecule has 0 aromatic carbocycles. The van der Waals surface area contributed by atoms with Gasteiger partial charge in [0.05, 0.1) is 11.8 Å². The van der Waals surface area contributed by atoms with Gasteiger partial charge in [0.2, 0.25) is 0 Å². The molecule has 2 N–H and O–H groups in total. The fraction of sp³-hybridized carbons (Fsp3) is 0.808. The average Bonchev–Trinajstić information content (AvgIpc) is 3.39. The van der Waals surface area contributed by atoms with Crippen LogP contribution in [0.15, 0.2) is 16.8 Å². The number of aliphatic hydroxyl groups is 1. The number of fused-ring (bicyclic) bond motifs is 5. The van der Waals surface area contributed by atoms with Gasteiger partial charge in [-0.05, 0) is 98.9 Å². The van der Waals surface area contributed by atoms with Crippen LogP contribution in [0.3, 0.4) is 0 Å². The number of hydrogen-bond acceptors (Lipinski definition) is 5. The smallest absolute Gasteiger partial charge is 0.326 e. The number of nitrogens with zero attached hydrogens (tertiary/aromatic N) is 2. The van der Waals surface area contributed by atoms with E-state index in [0.717, 1.165) is 37.8 Å². The van der Waals surface area contributed by atoms with Crippen molar-refractivity contribution in [3.8, 4) is 0 Å². The minimum Gasteiger partial charge on any atom is -0.480 e. The molecule has 7 atom stereocenters. The molecule has 0 aromatic heterocycles. The van der Waals surface area contributed by atoms with E-state index in [-0.39, 0.29) is 29.4 Å². The molecule has 33 heavy (non-hydrogen) atoms. The molecule has 7 nitrogen and oxygen atoms in total. The van der Waals surface area contributed by atoms with E-state index in [0.29, 0.717) is 37.1 Å². The van der Waals surface area contributed by atoms with Crippen LogP contribution in [0.1, 0.15) is 78.1 Å². The third-order valence-electron chi connectivity index (χ3n) is 10.2. The second-order valence-electron chi connectivity index (χ2n) is 11.6. The molecule has 4 aliphatic carbocycles. The summed E-state index contributed by atoms with van der Waals surface area (Å²) in [6.45, 7) is 5.02. The van der Waals surface area contributed by atoms with Gasteiger partial charge in [0.25, 0.3) is 5.91 Å². The predicted molar refractivity (Wildman–Crippen MR) is 123 cm³/mol. The zero-order valence-electron chi connectivity index (χ0n) is 20.0. The summed E-state index contributed by atoms with van der Waals surface area (Å²) >= 11 is 0. The van der Waals surface area contributed by atoms with E-state index in [4.69, 9.17) is 4.84 Å². The predicted octanol–water partition coefficient (Wildman–Crippen LogP) is 3.76. The molecule has 4 fully saturated rings. The number of carboxylic acid groups (broad SMARTS) is 1. The van der Waals surface area contributed by atoms with Crippen LogP contribution in [0.5, 0.6) is 0 Å². The molecule has 5 aliphatic rings. The van der Waals surface area contributed by atoms with E-state index in [1.807, 2.05) is 0 Å². The first kappa shape index (κ1) is 22.9. The fourth-order valence-corrected chi connectivity index (χ4v) is 8.19. The lowest BCUT2D eigenvalue weighted by Gasteiger charge is -2.57. The Morgan fingerprint density at radius 1 is 1.12 bits per heavy atom. The standard InChI is InChI=1S/C26H38N2O5/c1-25-11-9-17(27-33-15-23(30)28-13-3-4-21(28)24(31)32)14-16(25)5-6-18-19-7-8-22(29)26(19,2)12-10-20(18)25/h14,18-22,29H,3-13,15H2,1-2H3,(H,31,32). The maximum Gasteiger partial charge on any atom is 0.326 e. The molecular formula is C26H38N2O5. The molecule has 1 heterocycles. The van der Waals surface area contributed by atoms with E-state index >= 15 is 0 Å². The zero-order valence-corrected chi connectivity index (χ0v) is 20.0. The summed E-state index contributed by atoms with van der Waals surface area (Å²) in [6, 6.07) is -0.736. The molecule has 0 bridgehead atoms. The second kappa shape index (κ2) is 8.40. The number of allylic oxidation sites excluding steroid dienone is 2. The van der Waals surface area contributed by atoms with Gasteiger partial charge in [0, 0.05) is 6.54 Å². The van der Waals surface area contributed by atoms with Gasteiger partial charge in [-0.1, -0.05) is 24.6 Å². The van der Waals surface area contributed by atoms with Gasteiger partial charge in [0.15, 0.2) is 6.61 Å².